The first-order valence-electron chi connectivity index (χ1n) is 5.09. The maximum atomic E-state index is 13.5. The third-order valence-electron chi connectivity index (χ3n) is 2.58. The van der Waals surface area contributed by atoms with Crippen molar-refractivity contribution >= 4 is 22.6 Å². The summed E-state index contributed by atoms with van der Waals surface area (Å²) in [6, 6.07) is 7.45. The molecule has 0 atom stereocenters. The molecule has 0 aliphatic rings. The first kappa shape index (κ1) is 12.5. The number of aromatic amines is 1. The van der Waals surface area contributed by atoms with E-state index in [0.717, 1.165) is 18.1 Å². The van der Waals surface area contributed by atoms with E-state index >= 15 is 0 Å². The van der Waals surface area contributed by atoms with Crippen LogP contribution in [0, 0.1) is 10.6 Å². The number of alkyl halides is 2. The smallest absolute Gasteiger partial charge is 0.275 e. The fourth-order valence-electron chi connectivity index (χ4n) is 1.74. The largest absolute Gasteiger partial charge is 0.287 e. The van der Waals surface area contributed by atoms with Crippen molar-refractivity contribution in [3.63, 3.8) is 0 Å². The third kappa shape index (κ3) is 2.34. The zero-order valence-corrected chi connectivity index (χ0v) is 11.5. The van der Waals surface area contributed by atoms with Gasteiger partial charge < -0.3 is 0 Å². The first-order chi connectivity index (χ1) is 7.91. The number of nitrogens with zero attached hydrogens (tertiary/aromatic N) is 1. The maximum Gasteiger partial charge on any atom is 0.287 e. The minimum Gasteiger partial charge on any atom is -0.275 e. The van der Waals surface area contributed by atoms with Crippen molar-refractivity contribution in [2.24, 2.45) is 0 Å². The molecule has 0 saturated carbocycles. The molecule has 0 fully saturated rings. The number of hydrogen-bond donors (Lipinski definition) is 1. The highest BCUT2D eigenvalue weighted by Crippen LogP contribution is 2.37. The molecular weight excluding hydrogens is 337 g/mol. The summed E-state index contributed by atoms with van der Waals surface area (Å²) in [5.41, 5.74) is 2.12. The highest BCUT2D eigenvalue weighted by atomic mass is 127. The Labute approximate surface area is 112 Å². The number of H-pyrrole nitrogens is 1. The van der Waals surface area contributed by atoms with E-state index in [-0.39, 0.29) is 5.69 Å². The van der Waals surface area contributed by atoms with E-state index in [9.17, 15) is 8.78 Å². The standard InChI is InChI=1S/C12H11F2IN2/c1-7-5-3-4-6-8(7)9-10(12(2,13)14)16-17-11(9)15/h3-6H,1-2H3,(H,16,17). The molecule has 2 rings (SSSR count). The number of halogens is 3. The maximum absolute atomic E-state index is 13.5. The van der Waals surface area contributed by atoms with Crippen LogP contribution in [-0.2, 0) is 5.92 Å². The summed E-state index contributed by atoms with van der Waals surface area (Å²) < 4.78 is 27.5. The quantitative estimate of drug-likeness (QED) is 0.814. The second-order valence-electron chi connectivity index (χ2n) is 3.97. The minimum absolute atomic E-state index is 0.129. The van der Waals surface area contributed by atoms with Crippen LogP contribution in [0.3, 0.4) is 0 Å². The van der Waals surface area contributed by atoms with Crippen LogP contribution in [0.4, 0.5) is 8.78 Å². The molecule has 0 amide bonds. The van der Waals surface area contributed by atoms with Gasteiger partial charge in [0.2, 0.25) is 0 Å². The molecule has 17 heavy (non-hydrogen) atoms. The molecule has 90 valence electrons. The van der Waals surface area contributed by atoms with Gasteiger partial charge in [-0.25, -0.2) is 0 Å². The van der Waals surface area contributed by atoms with Gasteiger partial charge in [0, 0.05) is 12.5 Å². The van der Waals surface area contributed by atoms with Crippen LogP contribution in [-0.4, -0.2) is 10.2 Å². The fraction of sp³-hybridized carbons (Fsp3) is 0.250. The molecule has 2 nitrogen and oxygen atoms in total. The molecular formula is C12H11F2IN2. The van der Waals surface area contributed by atoms with E-state index in [0.29, 0.717) is 9.26 Å². The number of hydrogen-bond acceptors (Lipinski definition) is 1. The van der Waals surface area contributed by atoms with E-state index in [1.54, 1.807) is 0 Å². The molecule has 0 aliphatic heterocycles. The van der Waals surface area contributed by atoms with Crippen LogP contribution < -0.4 is 0 Å². The second kappa shape index (κ2) is 4.36. The van der Waals surface area contributed by atoms with Crippen molar-refractivity contribution in [2.75, 3.05) is 0 Å². The van der Waals surface area contributed by atoms with Gasteiger partial charge in [0.25, 0.3) is 5.92 Å². The average molecular weight is 348 g/mol. The molecule has 0 aliphatic carbocycles. The average Bonchev–Trinajstić information content (AvgIpc) is 2.60. The Morgan fingerprint density at radius 2 is 1.94 bits per heavy atom. The summed E-state index contributed by atoms with van der Waals surface area (Å²) in [4.78, 5) is 0. The van der Waals surface area contributed by atoms with Crippen molar-refractivity contribution in [2.45, 2.75) is 19.8 Å². The predicted molar refractivity (Wildman–Crippen MR) is 71.0 cm³/mol. The topological polar surface area (TPSA) is 28.7 Å². The van der Waals surface area contributed by atoms with Gasteiger partial charge in [0.15, 0.2) is 0 Å². The number of benzene rings is 1. The van der Waals surface area contributed by atoms with E-state index in [2.05, 4.69) is 10.2 Å². The first-order valence-corrected chi connectivity index (χ1v) is 6.17. The zero-order valence-electron chi connectivity index (χ0n) is 9.39. The predicted octanol–water partition coefficient (Wildman–Crippen LogP) is 4.10. The molecule has 0 bridgehead atoms. The Balaban J connectivity index is 2.68. The van der Waals surface area contributed by atoms with Crippen LogP contribution in [0.1, 0.15) is 18.2 Å². The zero-order chi connectivity index (χ0) is 12.6. The lowest BCUT2D eigenvalue weighted by Gasteiger charge is -2.12. The van der Waals surface area contributed by atoms with Crippen molar-refractivity contribution in [1.82, 2.24) is 10.2 Å². The van der Waals surface area contributed by atoms with Gasteiger partial charge in [0.05, 0.1) is 0 Å². The summed E-state index contributed by atoms with van der Waals surface area (Å²) in [5.74, 6) is -2.92. The minimum atomic E-state index is -2.92. The third-order valence-corrected chi connectivity index (χ3v) is 3.36. The monoisotopic (exact) mass is 348 g/mol. The van der Waals surface area contributed by atoms with Crippen LogP contribution >= 0.6 is 22.6 Å². The van der Waals surface area contributed by atoms with Crippen molar-refractivity contribution in [1.29, 1.82) is 0 Å². The molecule has 0 unspecified atom stereocenters. The Kier molecular flexibility index (Phi) is 3.20. The summed E-state index contributed by atoms with van der Waals surface area (Å²) in [5, 5.41) is 6.31. The molecule has 1 N–H and O–H groups in total. The molecule has 1 aromatic heterocycles. The van der Waals surface area contributed by atoms with Crippen molar-refractivity contribution in [3.05, 3.63) is 39.2 Å². The van der Waals surface area contributed by atoms with Gasteiger partial charge in [0.1, 0.15) is 9.39 Å². The normalized spacial score (nSPS) is 11.8. The lowest BCUT2D eigenvalue weighted by molar-refractivity contribution is 0.0133. The second-order valence-corrected chi connectivity index (χ2v) is 4.99. The van der Waals surface area contributed by atoms with Crippen LogP contribution in [0.25, 0.3) is 11.1 Å². The highest BCUT2D eigenvalue weighted by Gasteiger charge is 2.32. The molecule has 1 heterocycles. The number of nitrogens with one attached hydrogen (secondary N) is 1. The Morgan fingerprint density at radius 1 is 1.29 bits per heavy atom. The van der Waals surface area contributed by atoms with Gasteiger partial charge in [-0.05, 0) is 40.6 Å². The van der Waals surface area contributed by atoms with Gasteiger partial charge in [-0.1, -0.05) is 24.3 Å². The van der Waals surface area contributed by atoms with Crippen molar-refractivity contribution in [3.8, 4) is 11.1 Å². The highest BCUT2D eigenvalue weighted by molar-refractivity contribution is 14.1. The van der Waals surface area contributed by atoms with Gasteiger partial charge in [-0.15, -0.1) is 0 Å². The van der Waals surface area contributed by atoms with Crippen LogP contribution in [0.2, 0.25) is 0 Å². The molecule has 5 heteroatoms. The number of aryl methyl sites for hydroxylation is 1. The number of aromatic nitrogens is 2. The Hall–Kier alpha value is -0.980. The van der Waals surface area contributed by atoms with E-state index in [1.807, 2.05) is 53.8 Å². The molecule has 0 spiro atoms. The lowest BCUT2D eigenvalue weighted by atomic mass is 9.99. The van der Waals surface area contributed by atoms with E-state index < -0.39 is 5.92 Å². The van der Waals surface area contributed by atoms with E-state index in [1.165, 1.54) is 0 Å². The van der Waals surface area contributed by atoms with Gasteiger partial charge >= 0.3 is 0 Å². The van der Waals surface area contributed by atoms with Crippen LogP contribution in [0.5, 0.6) is 0 Å². The van der Waals surface area contributed by atoms with Gasteiger partial charge in [-0.3, -0.25) is 5.10 Å². The molecule has 2 aromatic rings. The Bertz CT molecular complexity index is 544. The molecule has 1 aromatic carbocycles. The van der Waals surface area contributed by atoms with Crippen LogP contribution in [0.15, 0.2) is 24.3 Å². The molecule has 0 saturated heterocycles. The molecule has 0 radical (unpaired) electrons. The SMILES string of the molecule is Cc1ccccc1-c1c(I)n[nH]c1C(C)(F)F. The summed E-state index contributed by atoms with van der Waals surface area (Å²) >= 11 is 1.97. The lowest BCUT2D eigenvalue weighted by Crippen LogP contribution is -2.09. The summed E-state index contributed by atoms with van der Waals surface area (Å²) in [6.07, 6.45) is 0. The Morgan fingerprint density at radius 3 is 2.53 bits per heavy atom. The summed E-state index contributed by atoms with van der Waals surface area (Å²) in [6.45, 7) is 2.77. The number of rotatable bonds is 2. The van der Waals surface area contributed by atoms with E-state index in [4.69, 9.17) is 0 Å². The fourth-order valence-corrected chi connectivity index (χ4v) is 2.42. The van der Waals surface area contributed by atoms with Gasteiger partial charge in [-0.2, -0.15) is 13.9 Å². The van der Waals surface area contributed by atoms with Crippen molar-refractivity contribution < 1.29 is 8.78 Å². The summed E-state index contributed by atoms with van der Waals surface area (Å²) in [7, 11) is 0.